The van der Waals surface area contributed by atoms with Gasteiger partial charge in [0.25, 0.3) is 5.91 Å². The second kappa shape index (κ2) is 6.49. The third-order valence-electron chi connectivity index (χ3n) is 4.92. The van der Waals surface area contributed by atoms with Crippen LogP contribution in [0.5, 0.6) is 17.2 Å². The molecular weight excluding hydrogens is 356 g/mol. The van der Waals surface area contributed by atoms with Crippen molar-refractivity contribution in [1.82, 2.24) is 0 Å². The number of anilines is 2. The quantitative estimate of drug-likeness (QED) is 0.711. The Morgan fingerprint density at radius 2 is 1.75 bits per heavy atom. The minimum absolute atomic E-state index is 0.126. The number of nitrogens with zero attached hydrogens (tertiary/aromatic N) is 1. The average molecular weight is 374 g/mol. The van der Waals surface area contributed by atoms with Crippen LogP contribution < -0.4 is 19.7 Å². The van der Waals surface area contributed by atoms with Crippen LogP contribution in [-0.4, -0.2) is 24.2 Å². The maximum atomic E-state index is 13.4. The molecule has 3 aromatic rings. The Hall–Kier alpha value is -3.67. The van der Waals surface area contributed by atoms with Gasteiger partial charge in [-0.25, -0.2) is 0 Å². The molecule has 0 saturated carbocycles. The first kappa shape index (κ1) is 16.5. The molecule has 2 N–H and O–H groups in total. The number of carbonyl (C=O) groups is 1. The molecule has 2 aliphatic heterocycles. The highest BCUT2D eigenvalue weighted by molar-refractivity contribution is 6.12. The summed E-state index contributed by atoms with van der Waals surface area (Å²) in [6, 6.07) is 19.8. The Kier molecular flexibility index (Phi) is 3.83. The summed E-state index contributed by atoms with van der Waals surface area (Å²) < 4.78 is 11.3. The fourth-order valence-corrected chi connectivity index (χ4v) is 3.63. The number of carbonyl (C=O) groups excluding carboxylic acids is 1. The summed E-state index contributed by atoms with van der Waals surface area (Å²) in [5.74, 6) is 1.30. The number of para-hydroxylation sites is 1. The van der Waals surface area contributed by atoms with Crippen LogP contribution in [0.25, 0.3) is 0 Å². The number of amides is 1. The topological polar surface area (TPSA) is 71.0 Å². The molecule has 5 rings (SSSR count). The maximum Gasteiger partial charge on any atom is 0.262 e. The lowest BCUT2D eigenvalue weighted by molar-refractivity contribution is 0.0974. The van der Waals surface area contributed by atoms with E-state index in [9.17, 15) is 9.90 Å². The van der Waals surface area contributed by atoms with E-state index in [1.54, 1.807) is 29.2 Å². The average Bonchev–Trinajstić information content (AvgIpc) is 2.73. The second-order valence-electron chi connectivity index (χ2n) is 6.69. The van der Waals surface area contributed by atoms with Crippen LogP contribution in [0.2, 0.25) is 0 Å². The van der Waals surface area contributed by atoms with Crippen molar-refractivity contribution in [3.63, 3.8) is 0 Å². The smallest absolute Gasteiger partial charge is 0.262 e. The molecule has 0 aromatic heterocycles. The van der Waals surface area contributed by atoms with E-state index in [1.165, 1.54) is 0 Å². The van der Waals surface area contributed by atoms with E-state index in [-0.39, 0.29) is 11.7 Å². The van der Waals surface area contributed by atoms with Gasteiger partial charge in [-0.15, -0.1) is 0 Å². The SMILES string of the molecule is O=C1c2ccccc2NC(c2cccc(O)c2)N1c1ccc2c(c1)OCCO2. The molecular formula is C22H18N2O4. The highest BCUT2D eigenvalue weighted by Crippen LogP contribution is 2.41. The van der Waals surface area contributed by atoms with Crippen LogP contribution in [0.3, 0.4) is 0 Å². The van der Waals surface area contributed by atoms with Crippen molar-refractivity contribution in [2.24, 2.45) is 0 Å². The molecule has 1 unspecified atom stereocenters. The van der Waals surface area contributed by atoms with E-state index in [0.717, 1.165) is 11.3 Å². The van der Waals surface area contributed by atoms with Crippen molar-refractivity contribution in [2.75, 3.05) is 23.4 Å². The van der Waals surface area contributed by atoms with E-state index in [0.29, 0.717) is 36.0 Å². The van der Waals surface area contributed by atoms with Crippen LogP contribution in [0.1, 0.15) is 22.1 Å². The van der Waals surface area contributed by atoms with Gasteiger partial charge in [0.05, 0.1) is 11.3 Å². The van der Waals surface area contributed by atoms with E-state index in [4.69, 9.17) is 9.47 Å². The van der Waals surface area contributed by atoms with Crippen LogP contribution >= 0.6 is 0 Å². The van der Waals surface area contributed by atoms with Gasteiger partial charge in [-0.2, -0.15) is 0 Å². The summed E-state index contributed by atoms with van der Waals surface area (Å²) in [5, 5.41) is 13.4. The van der Waals surface area contributed by atoms with Gasteiger partial charge in [-0.05, 0) is 42.0 Å². The van der Waals surface area contributed by atoms with Crippen LogP contribution in [-0.2, 0) is 0 Å². The van der Waals surface area contributed by atoms with Crippen molar-refractivity contribution >= 4 is 17.3 Å². The van der Waals surface area contributed by atoms with Crippen molar-refractivity contribution in [3.05, 3.63) is 77.9 Å². The summed E-state index contributed by atoms with van der Waals surface area (Å²) in [4.78, 5) is 15.1. The standard InChI is InChI=1S/C22H18N2O4/c25-16-5-3-4-14(12-16)21-23-18-7-2-1-6-17(18)22(26)24(21)15-8-9-19-20(13-15)28-11-10-27-19/h1-9,12-13,21,23,25H,10-11H2. The number of hydrogen-bond acceptors (Lipinski definition) is 5. The Morgan fingerprint density at radius 3 is 2.61 bits per heavy atom. The number of fused-ring (bicyclic) bond motifs is 2. The molecule has 0 fully saturated rings. The molecule has 0 aliphatic carbocycles. The summed E-state index contributed by atoms with van der Waals surface area (Å²) in [7, 11) is 0. The fraction of sp³-hybridized carbons (Fsp3) is 0.136. The van der Waals surface area contributed by atoms with Gasteiger partial charge in [0.1, 0.15) is 25.1 Å². The Balaban J connectivity index is 1.64. The number of aromatic hydroxyl groups is 1. The van der Waals surface area contributed by atoms with Gasteiger partial charge in [0.2, 0.25) is 0 Å². The van der Waals surface area contributed by atoms with Gasteiger partial charge >= 0.3 is 0 Å². The molecule has 3 aromatic carbocycles. The monoisotopic (exact) mass is 374 g/mol. The van der Waals surface area contributed by atoms with Crippen LogP contribution in [0, 0.1) is 0 Å². The Labute approximate surface area is 161 Å². The molecule has 0 bridgehead atoms. The summed E-state index contributed by atoms with van der Waals surface area (Å²) in [5.41, 5.74) is 2.81. The fourth-order valence-electron chi connectivity index (χ4n) is 3.63. The molecule has 2 heterocycles. The molecule has 6 nitrogen and oxygen atoms in total. The lowest BCUT2D eigenvalue weighted by Gasteiger charge is -2.38. The zero-order valence-corrected chi connectivity index (χ0v) is 15.0. The zero-order valence-electron chi connectivity index (χ0n) is 15.0. The lowest BCUT2D eigenvalue weighted by atomic mass is 10.0. The predicted octanol–water partition coefficient (Wildman–Crippen LogP) is 3.93. The van der Waals surface area contributed by atoms with Crippen molar-refractivity contribution in [1.29, 1.82) is 0 Å². The predicted molar refractivity (Wildman–Crippen MR) is 105 cm³/mol. The lowest BCUT2D eigenvalue weighted by Crippen LogP contribution is -2.43. The number of benzene rings is 3. The van der Waals surface area contributed by atoms with E-state index >= 15 is 0 Å². The summed E-state index contributed by atoms with van der Waals surface area (Å²) >= 11 is 0. The first-order valence-corrected chi connectivity index (χ1v) is 9.08. The number of hydrogen-bond donors (Lipinski definition) is 2. The third-order valence-corrected chi connectivity index (χ3v) is 4.92. The van der Waals surface area contributed by atoms with Crippen molar-refractivity contribution < 1.29 is 19.4 Å². The number of phenols is 1. The number of phenolic OH excluding ortho intramolecular Hbond substituents is 1. The molecule has 28 heavy (non-hydrogen) atoms. The molecule has 1 amide bonds. The zero-order chi connectivity index (χ0) is 19.1. The first-order chi connectivity index (χ1) is 13.7. The first-order valence-electron chi connectivity index (χ1n) is 9.08. The normalized spacial score (nSPS) is 17.6. The van der Waals surface area contributed by atoms with Crippen LogP contribution in [0.4, 0.5) is 11.4 Å². The number of ether oxygens (including phenoxy) is 2. The Bertz CT molecular complexity index is 1070. The van der Waals surface area contributed by atoms with Crippen molar-refractivity contribution in [2.45, 2.75) is 6.17 Å². The minimum atomic E-state index is -0.475. The van der Waals surface area contributed by atoms with Gasteiger partial charge in [-0.1, -0.05) is 24.3 Å². The van der Waals surface area contributed by atoms with Gasteiger partial charge < -0.3 is 19.9 Å². The van der Waals surface area contributed by atoms with Gasteiger partial charge in [0.15, 0.2) is 11.5 Å². The largest absolute Gasteiger partial charge is 0.508 e. The molecule has 0 radical (unpaired) electrons. The minimum Gasteiger partial charge on any atom is -0.508 e. The molecule has 6 heteroatoms. The highest BCUT2D eigenvalue weighted by Gasteiger charge is 2.34. The third kappa shape index (κ3) is 2.70. The van der Waals surface area contributed by atoms with E-state index < -0.39 is 6.17 Å². The van der Waals surface area contributed by atoms with E-state index in [1.807, 2.05) is 42.5 Å². The summed E-state index contributed by atoms with van der Waals surface area (Å²) in [6.45, 7) is 0.983. The Morgan fingerprint density at radius 1 is 0.929 bits per heavy atom. The second-order valence-corrected chi connectivity index (χ2v) is 6.69. The molecule has 2 aliphatic rings. The number of rotatable bonds is 2. The molecule has 140 valence electrons. The molecule has 0 spiro atoms. The summed E-state index contributed by atoms with van der Waals surface area (Å²) in [6.07, 6.45) is -0.475. The number of nitrogens with one attached hydrogen (secondary N) is 1. The van der Waals surface area contributed by atoms with E-state index in [2.05, 4.69) is 5.32 Å². The molecule has 0 saturated heterocycles. The maximum absolute atomic E-state index is 13.4. The highest BCUT2D eigenvalue weighted by atomic mass is 16.6. The van der Waals surface area contributed by atoms with Crippen LogP contribution in [0.15, 0.2) is 66.7 Å². The van der Waals surface area contributed by atoms with Gasteiger partial charge in [0, 0.05) is 11.8 Å². The molecule has 1 atom stereocenters. The van der Waals surface area contributed by atoms with Crippen molar-refractivity contribution in [3.8, 4) is 17.2 Å². The van der Waals surface area contributed by atoms with Gasteiger partial charge in [-0.3, -0.25) is 9.69 Å².